The lowest BCUT2D eigenvalue weighted by Crippen LogP contribution is -2.08. The molecule has 0 unspecified atom stereocenters. The van der Waals surface area contributed by atoms with Gasteiger partial charge in [0.1, 0.15) is 23.1 Å². The van der Waals surface area contributed by atoms with E-state index in [1.54, 1.807) is 13.8 Å². The van der Waals surface area contributed by atoms with Crippen molar-refractivity contribution in [3.05, 3.63) is 39.9 Å². The Morgan fingerprint density at radius 2 is 2.00 bits per heavy atom. The van der Waals surface area contributed by atoms with Crippen LogP contribution in [0.15, 0.2) is 16.6 Å². The van der Waals surface area contributed by atoms with Crippen LogP contribution in [-0.2, 0) is 0 Å². The fraction of sp³-hybridized carbons (Fsp3) is 0.250. The van der Waals surface area contributed by atoms with Crippen molar-refractivity contribution in [2.24, 2.45) is 0 Å². The van der Waals surface area contributed by atoms with Crippen molar-refractivity contribution in [2.75, 3.05) is 0 Å². The Labute approximate surface area is 121 Å². The van der Waals surface area contributed by atoms with Gasteiger partial charge in [0.25, 0.3) is 5.82 Å². The lowest BCUT2D eigenvalue weighted by molar-refractivity contribution is 0.0683. The molecule has 0 saturated heterocycles. The normalized spacial score (nSPS) is 11.1. The highest BCUT2D eigenvalue weighted by molar-refractivity contribution is 9.10. The first kappa shape index (κ1) is 14.6. The second-order valence-electron chi connectivity index (χ2n) is 4.38. The summed E-state index contributed by atoms with van der Waals surface area (Å²) in [5.74, 6) is -3.17. The summed E-state index contributed by atoms with van der Waals surface area (Å²) in [6.45, 7) is 3.50. The summed E-state index contributed by atoms with van der Waals surface area (Å²) in [4.78, 5) is 14.7. The number of hydrogen-bond acceptors (Lipinski definition) is 3. The molecule has 2 aromatic rings. The Bertz CT molecular complexity index is 686. The summed E-state index contributed by atoms with van der Waals surface area (Å²) in [5.41, 5.74) is -0.186. The number of carboxylic acids is 1. The van der Waals surface area contributed by atoms with Gasteiger partial charge < -0.3 is 5.11 Å². The van der Waals surface area contributed by atoms with Gasteiger partial charge in [0.15, 0.2) is 0 Å². The molecule has 1 N–H and O–H groups in total. The largest absolute Gasteiger partial charge is 0.475 e. The number of carbonyl (C=O) groups is 1. The maximum Gasteiger partial charge on any atom is 0.375 e. The van der Waals surface area contributed by atoms with Crippen LogP contribution in [0, 0.1) is 11.6 Å². The summed E-state index contributed by atoms with van der Waals surface area (Å²) in [6, 6.07) is 1.89. The maximum absolute atomic E-state index is 13.9. The van der Waals surface area contributed by atoms with E-state index in [9.17, 15) is 13.6 Å². The van der Waals surface area contributed by atoms with Crippen molar-refractivity contribution in [3.8, 4) is 5.69 Å². The summed E-state index contributed by atoms with van der Waals surface area (Å²) in [6.07, 6.45) is 0. The van der Waals surface area contributed by atoms with E-state index in [0.717, 1.165) is 16.8 Å². The van der Waals surface area contributed by atoms with Crippen molar-refractivity contribution in [2.45, 2.75) is 19.8 Å². The standard InChI is InChI=1S/C12H10BrF2N3O2/c1-5(2)11-16-10(12(19)20)17-18(11)9-4-7(14)6(13)3-8(9)15/h3-5H,1-2H3,(H,19,20). The molecule has 0 aliphatic heterocycles. The van der Waals surface area contributed by atoms with Gasteiger partial charge in [0.05, 0.1) is 4.47 Å². The molecular weight excluding hydrogens is 336 g/mol. The first-order valence-electron chi connectivity index (χ1n) is 5.66. The van der Waals surface area contributed by atoms with Crippen LogP contribution in [0.25, 0.3) is 5.69 Å². The average Bonchev–Trinajstić information content (AvgIpc) is 2.78. The van der Waals surface area contributed by atoms with Crippen LogP contribution in [-0.4, -0.2) is 25.8 Å². The fourth-order valence-electron chi connectivity index (χ4n) is 1.64. The first-order valence-corrected chi connectivity index (χ1v) is 6.45. The Morgan fingerprint density at radius 1 is 1.35 bits per heavy atom. The van der Waals surface area contributed by atoms with Gasteiger partial charge in [-0.1, -0.05) is 13.8 Å². The average molecular weight is 346 g/mol. The monoisotopic (exact) mass is 345 g/mol. The van der Waals surface area contributed by atoms with Gasteiger partial charge in [-0.05, 0) is 22.0 Å². The van der Waals surface area contributed by atoms with Gasteiger partial charge in [0, 0.05) is 12.0 Å². The third-order valence-electron chi connectivity index (χ3n) is 2.56. The molecule has 0 amide bonds. The van der Waals surface area contributed by atoms with Crippen LogP contribution in [0.5, 0.6) is 0 Å². The van der Waals surface area contributed by atoms with Crippen LogP contribution in [0.3, 0.4) is 0 Å². The van der Waals surface area contributed by atoms with E-state index >= 15 is 0 Å². The molecule has 2 rings (SSSR count). The van der Waals surface area contributed by atoms with E-state index in [1.165, 1.54) is 0 Å². The predicted molar refractivity (Wildman–Crippen MR) is 70.0 cm³/mol. The number of nitrogens with zero attached hydrogens (tertiary/aromatic N) is 3. The molecule has 0 bridgehead atoms. The van der Waals surface area contributed by atoms with Crippen LogP contribution in [0.4, 0.5) is 8.78 Å². The highest BCUT2D eigenvalue weighted by atomic mass is 79.9. The second kappa shape index (κ2) is 5.28. The zero-order chi connectivity index (χ0) is 15.0. The molecule has 0 saturated carbocycles. The van der Waals surface area contributed by atoms with Gasteiger partial charge >= 0.3 is 5.97 Å². The number of carboxylic acid groups (broad SMARTS) is 1. The molecule has 0 spiro atoms. The van der Waals surface area contributed by atoms with Gasteiger partial charge in [-0.15, -0.1) is 5.10 Å². The molecule has 0 aliphatic carbocycles. The Balaban J connectivity index is 2.68. The molecule has 0 radical (unpaired) electrons. The quantitative estimate of drug-likeness (QED) is 0.867. The van der Waals surface area contributed by atoms with Crippen molar-refractivity contribution in [1.82, 2.24) is 14.8 Å². The maximum atomic E-state index is 13.9. The number of aromatic nitrogens is 3. The number of rotatable bonds is 3. The van der Waals surface area contributed by atoms with E-state index in [2.05, 4.69) is 26.0 Å². The van der Waals surface area contributed by atoms with Gasteiger partial charge in [-0.2, -0.15) is 0 Å². The summed E-state index contributed by atoms with van der Waals surface area (Å²) in [7, 11) is 0. The molecule has 0 atom stereocenters. The third-order valence-corrected chi connectivity index (χ3v) is 3.17. The smallest absolute Gasteiger partial charge is 0.375 e. The van der Waals surface area contributed by atoms with Gasteiger partial charge in [-0.25, -0.2) is 23.2 Å². The molecule has 0 aliphatic rings. The minimum atomic E-state index is -1.33. The molecule has 20 heavy (non-hydrogen) atoms. The van der Waals surface area contributed by atoms with Crippen molar-refractivity contribution in [3.63, 3.8) is 0 Å². The zero-order valence-corrected chi connectivity index (χ0v) is 12.1. The highest BCUT2D eigenvalue weighted by Crippen LogP contribution is 2.25. The van der Waals surface area contributed by atoms with E-state index in [-0.39, 0.29) is 21.9 Å². The first-order chi connectivity index (χ1) is 9.31. The Morgan fingerprint density at radius 3 is 2.55 bits per heavy atom. The summed E-state index contributed by atoms with van der Waals surface area (Å²) >= 11 is 2.87. The molecule has 106 valence electrons. The molecule has 1 heterocycles. The minimum absolute atomic E-state index is 0.0246. The van der Waals surface area contributed by atoms with Crippen molar-refractivity contribution < 1.29 is 18.7 Å². The molecular formula is C12H10BrF2N3O2. The SMILES string of the molecule is CC(C)c1nc(C(=O)O)nn1-c1cc(F)c(Br)cc1F. The van der Waals surface area contributed by atoms with Crippen LogP contribution in [0.1, 0.15) is 36.2 Å². The van der Waals surface area contributed by atoms with Crippen LogP contribution in [0.2, 0.25) is 0 Å². The highest BCUT2D eigenvalue weighted by Gasteiger charge is 2.21. The molecule has 1 aromatic carbocycles. The molecule has 1 aromatic heterocycles. The van der Waals surface area contributed by atoms with Gasteiger partial charge in [0.2, 0.25) is 0 Å². The lowest BCUT2D eigenvalue weighted by Gasteiger charge is -2.09. The van der Waals surface area contributed by atoms with E-state index in [4.69, 9.17) is 5.11 Å². The molecule has 0 fully saturated rings. The van der Waals surface area contributed by atoms with Crippen LogP contribution >= 0.6 is 15.9 Å². The van der Waals surface area contributed by atoms with E-state index < -0.39 is 23.4 Å². The number of halogens is 3. The lowest BCUT2D eigenvalue weighted by atomic mass is 10.2. The summed E-state index contributed by atoms with van der Waals surface area (Å²) in [5, 5.41) is 12.6. The van der Waals surface area contributed by atoms with Gasteiger partial charge in [-0.3, -0.25) is 0 Å². The van der Waals surface area contributed by atoms with Crippen molar-refractivity contribution in [1.29, 1.82) is 0 Å². The minimum Gasteiger partial charge on any atom is -0.475 e. The number of benzene rings is 1. The Kier molecular flexibility index (Phi) is 3.85. The van der Waals surface area contributed by atoms with E-state index in [1.807, 2.05) is 0 Å². The Hall–Kier alpha value is -1.83. The molecule has 5 nitrogen and oxygen atoms in total. The number of hydrogen-bond donors (Lipinski definition) is 1. The topological polar surface area (TPSA) is 68.0 Å². The van der Waals surface area contributed by atoms with Crippen LogP contribution < -0.4 is 0 Å². The zero-order valence-electron chi connectivity index (χ0n) is 10.6. The predicted octanol–water partition coefficient (Wildman–Crippen LogP) is 3.13. The molecule has 8 heteroatoms. The second-order valence-corrected chi connectivity index (χ2v) is 5.24. The summed E-state index contributed by atoms with van der Waals surface area (Å²) < 4.78 is 28.5. The number of aromatic carboxylic acids is 1. The fourth-order valence-corrected chi connectivity index (χ4v) is 1.96. The van der Waals surface area contributed by atoms with E-state index in [0.29, 0.717) is 0 Å². The third kappa shape index (κ3) is 2.55. The van der Waals surface area contributed by atoms with Crippen molar-refractivity contribution >= 4 is 21.9 Å².